The quantitative estimate of drug-likeness (QED) is 0.485. The molecule has 0 saturated carbocycles. The van der Waals surface area contributed by atoms with Gasteiger partial charge in [0.25, 0.3) is 0 Å². The third-order valence-corrected chi connectivity index (χ3v) is 1.20. The fourth-order valence-electron chi connectivity index (χ4n) is 0.288. The Bertz CT molecular complexity index is 112. The lowest BCUT2D eigenvalue weighted by atomic mass is 10.2. The predicted octanol–water partition coefficient (Wildman–Crippen LogP) is 1.94. The van der Waals surface area contributed by atoms with Gasteiger partial charge in [-0.2, -0.15) is 0 Å². The first-order valence-electron chi connectivity index (χ1n) is 2.59. The predicted molar refractivity (Wildman–Crippen MR) is 34.1 cm³/mol. The van der Waals surface area contributed by atoms with Crippen LogP contribution in [-0.2, 0) is 5.11 Å². The van der Waals surface area contributed by atoms with Crippen LogP contribution < -0.4 is 0 Å². The Morgan fingerprint density at radius 1 is 1.62 bits per heavy atom. The van der Waals surface area contributed by atoms with Gasteiger partial charge in [0.2, 0.25) is 0 Å². The van der Waals surface area contributed by atoms with Crippen molar-refractivity contribution < 1.29 is 5.11 Å². The second-order valence-corrected chi connectivity index (χ2v) is 1.81. The van der Waals surface area contributed by atoms with Crippen LogP contribution in [0.25, 0.3) is 0 Å². The Balaban J connectivity index is 4.03. The van der Waals surface area contributed by atoms with Gasteiger partial charge in [-0.05, 0) is 19.4 Å². The summed E-state index contributed by atoms with van der Waals surface area (Å²) < 4.78 is 0. The molecule has 0 saturated heterocycles. The van der Waals surface area contributed by atoms with Crippen molar-refractivity contribution in [2.75, 3.05) is 6.61 Å². The fourth-order valence-corrected chi connectivity index (χ4v) is 0.288. The summed E-state index contributed by atoms with van der Waals surface area (Å²) in [5, 5.41) is 10.1. The first-order valence-corrected chi connectivity index (χ1v) is 2.59. The summed E-state index contributed by atoms with van der Waals surface area (Å²) >= 11 is 0. The van der Waals surface area contributed by atoms with E-state index in [0.29, 0.717) is 0 Å². The Labute approximate surface area is 50.3 Å². The summed E-state index contributed by atoms with van der Waals surface area (Å²) in [6, 6.07) is 0. The Kier molecular flexibility index (Phi) is 3.20. The number of rotatable bonds is 2. The molecule has 0 aliphatic heterocycles. The SMILES string of the molecule is C=CC(C)=C(C)C[O]. The van der Waals surface area contributed by atoms with E-state index < -0.39 is 0 Å². The summed E-state index contributed by atoms with van der Waals surface area (Å²) in [6.45, 7) is 7.13. The first kappa shape index (κ1) is 7.44. The van der Waals surface area contributed by atoms with Gasteiger partial charge in [0, 0.05) is 0 Å². The maximum Gasteiger partial charge on any atom is 0.104 e. The molecule has 0 N–H and O–H groups in total. The van der Waals surface area contributed by atoms with E-state index in [9.17, 15) is 5.11 Å². The van der Waals surface area contributed by atoms with E-state index in [1.165, 1.54) is 0 Å². The normalized spacial score (nSPS) is 12.9. The molecule has 0 atom stereocenters. The molecule has 0 rings (SSSR count). The van der Waals surface area contributed by atoms with Gasteiger partial charge in [-0.3, -0.25) is 0 Å². The van der Waals surface area contributed by atoms with Gasteiger partial charge in [0.1, 0.15) is 6.61 Å². The molecule has 0 aromatic carbocycles. The summed E-state index contributed by atoms with van der Waals surface area (Å²) in [7, 11) is 0. The Hall–Kier alpha value is -0.560. The lowest BCUT2D eigenvalue weighted by molar-refractivity contribution is 0.222. The average molecular weight is 111 g/mol. The lowest BCUT2D eigenvalue weighted by Gasteiger charge is -1.94. The fraction of sp³-hybridized carbons (Fsp3) is 0.429. The third kappa shape index (κ3) is 1.94. The van der Waals surface area contributed by atoms with Crippen LogP contribution in [0.5, 0.6) is 0 Å². The van der Waals surface area contributed by atoms with E-state index in [4.69, 9.17) is 0 Å². The summed E-state index contributed by atoms with van der Waals surface area (Å²) in [4.78, 5) is 0. The summed E-state index contributed by atoms with van der Waals surface area (Å²) in [5.41, 5.74) is 1.88. The molecule has 0 aliphatic carbocycles. The van der Waals surface area contributed by atoms with Crippen molar-refractivity contribution in [2.45, 2.75) is 13.8 Å². The van der Waals surface area contributed by atoms with Crippen molar-refractivity contribution in [3.63, 3.8) is 0 Å². The molecule has 0 aromatic heterocycles. The van der Waals surface area contributed by atoms with Crippen molar-refractivity contribution in [3.8, 4) is 0 Å². The smallest absolute Gasteiger partial charge is 0.104 e. The first-order chi connectivity index (χ1) is 3.72. The molecule has 8 heavy (non-hydrogen) atoms. The van der Waals surface area contributed by atoms with Crippen LogP contribution in [0.15, 0.2) is 23.8 Å². The second-order valence-electron chi connectivity index (χ2n) is 1.81. The molecule has 1 radical (unpaired) electrons. The molecular weight excluding hydrogens is 100 g/mol. The zero-order valence-corrected chi connectivity index (χ0v) is 5.40. The van der Waals surface area contributed by atoms with Gasteiger partial charge in [0.15, 0.2) is 0 Å². The van der Waals surface area contributed by atoms with Crippen LogP contribution in [0, 0.1) is 0 Å². The third-order valence-electron chi connectivity index (χ3n) is 1.20. The van der Waals surface area contributed by atoms with E-state index in [1.807, 2.05) is 13.8 Å². The molecule has 1 heteroatoms. The van der Waals surface area contributed by atoms with Crippen LogP contribution in [-0.4, -0.2) is 6.61 Å². The van der Waals surface area contributed by atoms with Gasteiger partial charge in [-0.1, -0.05) is 18.2 Å². The van der Waals surface area contributed by atoms with E-state index in [0.717, 1.165) is 11.1 Å². The van der Waals surface area contributed by atoms with Crippen LogP contribution in [0.3, 0.4) is 0 Å². The number of hydrogen-bond donors (Lipinski definition) is 0. The molecule has 0 heterocycles. The molecule has 0 aromatic rings. The highest BCUT2D eigenvalue weighted by Crippen LogP contribution is 2.01. The molecule has 45 valence electrons. The van der Waals surface area contributed by atoms with E-state index in [2.05, 4.69) is 6.58 Å². The summed E-state index contributed by atoms with van der Waals surface area (Å²) in [6.07, 6.45) is 1.70. The van der Waals surface area contributed by atoms with E-state index in [1.54, 1.807) is 6.08 Å². The second kappa shape index (κ2) is 3.44. The van der Waals surface area contributed by atoms with E-state index >= 15 is 0 Å². The van der Waals surface area contributed by atoms with Gasteiger partial charge >= 0.3 is 0 Å². The Morgan fingerprint density at radius 3 is 2.25 bits per heavy atom. The monoisotopic (exact) mass is 111 g/mol. The topological polar surface area (TPSA) is 19.9 Å². The van der Waals surface area contributed by atoms with Crippen molar-refractivity contribution in [1.29, 1.82) is 0 Å². The largest absolute Gasteiger partial charge is 0.232 e. The maximum absolute atomic E-state index is 10.1. The van der Waals surface area contributed by atoms with Crippen molar-refractivity contribution in [1.82, 2.24) is 0 Å². The van der Waals surface area contributed by atoms with E-state index in [-0.39, 0.29) is 6.61 Å². The summed E-state index contributed by atoms with van der Waals surface area (Å²) in [5.74, 6) is 0. The highest BCUT2D eigenvalue weighted by atomic mass is 16.3. The molecular formula is C7H11O. The molecule has 0 aliphatic rings. The zero-order valence-electron chi connectivity index (χ0n) is 5.40. The highest BCUT2D eigenvalue weighted by molar-refractivity contribution is 5.20. The minimum Gasteiger partial charge on any atom is -0.232 e. The minimum atomic E-state index is -0.113. The van der Waals surface area contributed by atoms with Crippen LogP contribution in [0.2, 0.25) is 0 Å². The zero-order chi connectivity index (χ0) is 6.57. The average Bonchev–Trinajstić information content (AvgIpc) is 1.84. The van der Waals surface area contributed by atoms with Crippen LogP contribution >= 0.6 is 0 Å². The molecule has 0 spiro atoms. The van der Waals surface area contributed by atoms with Crippen molar-refractivity contribution in [2.24, 2.45) is 0 Å². The van der Waals surface area contributed by atoms with Gasteiger partial charge in [0.05, 0.1) is 0 Å². The molecule has 0 amide bonds. The number of allylic oxidation sites excluding steroid dienone is 2. The van der Waals surface area contributed by atoms with Gasteiger partial charge in [-0.25, -0.2) is 5.11 Å². The van der Waals surface area contributed by atoms with Crippen LogP contribution in [0.4, 0.5) is 0 Å². The molecule has 1 nitrogen and oxygen atoms in total. The van der Waals surface area contributed by atoms with Gasteiger partial charge < -0.3 is 0 Å². The standard InChI is InChI=1S/C7H11O/c1-4-6(2)7(3)5-8/h4H,1,5H2,2-3H3. The number of hydrogen-bond acceptors (Lipinski definition) is 0. The van der Waals surface area contributed by atoms with Crippen LogP contribution in [0.1, 0.15) is 13.8 Å². The highest BCUT2D eigenvalue weighted by Gasteiger charge is 1.88. The Morgan fingerprint density at radius 2 is 2.12 bits per heavy atom. The van der Waals surface area contributed by atoms with Gasteiger partial charge in [-0.15, -0.1) is 0 Å². The van der Waals surface area contributed by atoms with Crippen molar-refractivity contribution in [3.05, 3.63) is 23.8 Å². The molecule has 0 unspecified atom stereocenters. The molecule has 0 bridgehead atoms. The van der Waals surface area contributed by atoms with Crippen molar-refractivity contribution >= 4 is 0 Å². The maximum atomic E-state index is 10.1. The lowest BCUT2D eigenvalue weighted by Crippen LogP contribution is -1.84. The molecule has 0 fully saturated rings. The minimum absolute atomic E-state index is 0.113.